The van der Waals surface area contributed by atoms with Gasteiger partial charge in [0.1, 0.15) is 5.82 Å². The van der Waals surface area contributed by atoms with Gasteiger partial charge in [-0.1, -0.05) is 23.4 Å². The first-order chi connectivity index (χ1) is 5.74. The summed E-state index contributed by atoms with van der Waals surface area (Å²) < 4.78 is 12.5. The van der Waals surface area contributed by atoms with Gasteiger partial charge in [-0.2, -0.15) is 0 Å². The first kappa shape index (κ1) is 9.05. The maximum absolute atomic E-state index is 12.5. The SMILES string of the molecule is NCC#Cc1ccc(F)cc1Cl. The van der Waals surface area contributed by atoms with Crippen LogP contribution in [0, 0.1) is 17.7 Å². The number of rotatable bonds is 0. The summed E-state index contributed by atoms with van der Waals surface area (Å²) >= 11 is 5.68. The van der Waals surface area contributed by atoms with Crippen molar-refractivity contribution in [1.82, 2.24) is 0 Å². The van der Waals surface area contributed by atoms with Crippen LogP contribution in [-0.4, -0.2) is 6.54 Å². The van der Waals surface area contributed by atoms with Crippen molar-refractivity contribution in [2.45, 2.75) is 0 Å². The van der Waals surface area contributed by atoms with Gasteiger partial charge in [0.2, 0.25) is 0 Å². The van der Waals surface area contributed by atoms with E-state index in [9.17, 15) is 4.39 Å². The van der Waals surface area contributed by atoms with Gasteiger partial charge in [0.05, 0.1) is 11.6 Å². The highest BCUT2D eigenvalue weighted by atomic mass is 35.5. The summed E-state index contributed by atoms with van der Waals surface area (Å²) in [6.45, 7) is 0.272. The normalized spacial score (nSPS) is 8.92. The summed E-state index contributed by atoms with van der Waals surface area (Å²) in [5.74, 6) is 5.00. The quantitative estimate of drug-likeness (QED) is 0.610. The van der Waals surface area contributed by atoms with Crippen LogP contribution in [0.1, 0.15) is 5.56 Å². The lowest BCUT2D eigenvalue weighted by atomic mass is 10.2. The molecule has 0 unspecified atom stereocenters. The van der Waals surface area contributed by atoms with E-state index < -0.39 is 0 Å². The minimum Gasteiger partial charge on any atom is -0.320 e. The monoisotopic (exact) mass is 183 g/mol. The molecule has 0 heterocycles. The second-order valence-electron chi connectivity index (χ2n) is 2.13. The zero-order valence-electron chi connectivity index (χ0n) is 6.27. The van der Waals surface area contributed by atoms with Gasteiger partial charge in [-0.3, -0.25) is 0 Å². The molecule has 62 valence electrons. The second-order valence-corrected chi connectivity index (χ2v) is 2.54. The number of halogens is 2. The molecule has 0 radical (unpaired) electrons. The lowest BCUT2D eigenvalue weighted by Gasteiger charge is -1.94. The van der Waals surface area contributed by atoms with Crippen LogP contribution in [0.3, 0.4) is 0 Å². The summed E-state index contributed by atoms with van der Waals surface area (Å²) in [6, 6.07) is 4.06. The molecule has 0 aliphatic carbocycles. The molecule has 0 saturated carbocycles. The molecule has 0 aliphatic heterocycles. The van der Waals surface area contributed by atoms with Crippen molar-refractivity contribution in [3.63, 3.8) is 0 Å². The van der Waals surface area contributed by atoms with Crippen LogP contribution in [0.25, 0.3) is 0 Å². The second kappa shape index (κ2) is 4.10. The van der Waals surface area contributed by atoms with E-state index in [2.05, 4.69) is 11.8 Å². The van der Waals surface area contributed by atoms with E-state index in [-0.39, 0.29) is 12.4 Å². The Hall–Kier alpha value is -1.04. The molecule has 1 rings (SSSR count). The zero-order chi connectivity index (χ0) is 8.97. The lowest BCUT2D eigenvalue weighted by molar-refractivity contribution is 0.628. The van der Waals surface area contributed by atoms with E-state index >= 15 is 0 Å². The fourth-order valence-corrected chi connectivity index (χ4v) is 0.952. The third-order valence-electron chi connectivity index (χ3n) is 1.26. The van der Waals surface area contributed by atoms with E-state index in [1.165, 1.54) is 18.2 Å². The molecule has 2 N–H and O–H groups in total. The van der Waals surface area contributed by atoms with Crippen molar-refractivity contribution in [3.05, 3.63) is 34.6 Å². The fraction of sp³-hybridized carbons (Fsp3) is 0.111. The molecule has 12 heavy (non-hydrogen) atoms. The number of benzene rings is 1. The maximum atomic E-state index is 12.5. The van der Waals surface area contributed by atoms with Gasteiger partial charge >= 0.3 is 0 Å². The summed E-state index contributed by atoms with van der Waals surface area (Å²) in [5, 5.41) is 0.316. The summed E-state index contributed by atoms with van der Waals surface area (Å²) in [7, 11) is 0. The van der Waals surface area contributed by atoms with Crippen LogP contribution in [0.5, 0.6) is 0 Å². The topological polar surface area (TPSA) is 26.0 Å². The Balaban J connectivity index is 3.01. The largest absolute Gasteiger partial charge is 0.320 e. The fourth-order valence-electron chi connectivity index (χ4n) is 0.737. The van der Waals surface area contributed by atoms with Crippen LogP contribution in [-0.2, 0) is 0 Å². The number of nitrogens with two attached hydrogens (primary N) is 1. The molecule has 0 amide bonds. The average molecular weight is 184 g/mol. The molecule has 0 bridgehead atoms. The van der Waals surface area contributed by atoms with Crippen molar-refractivity contribution in [2.24, 2.45) is 5.73 Å². The Morgan fingerprint density at radius 2 is 2.25 bits per heavy atom. The summed E-state index contributed by atoms with van der Waals surface area (Å²) in [5.41, 5.74) is 5.77. The van der Waals surface area contributed by atoms with Crippen molar-refractivity contribution in [3.8, 4) is 11.8 Å². The Bertz CT molecular complexity index is 338. The standard InChI is InChI=1S/C9H7ClFN/c10-9-6-8(11)4-3-7(9)2-1-5-12/h3-4,6H,5,12H2. The van der Waals surface area contributed by atoms with Gasteiger partial charge in [0.15, 0.2) is 0 Å². The first-order valence-corrected chi connectivity index (χ1v) is 3.76. The van der Waals surface area contributed by atoms with E-state index in [1.807, 2.05) is 0 Å². The van der Waals surface area contributed by atoms with Gasteiger partial charge < -0.3 is 5.73 Å². The maximum Gasteiger partial charge on any atom is 0.124 e. The Morgan fingerprint density at radius 3 is 2.83 bits per heavy atom. The molecular formula is C9H7ClFN. The van der Waals surface area contributed by atoms with Gasteiger partial charge in [-0.15, -0.1) is 0 Å². The summed E-state index contributed by atoms with van der Waals surface area (Å²) in [4.78, 5) is 0. The molecule has 0 aromatic heterocycles. The Kier molecular flexibility index (Phi) is 3.09. The number of hydrogen-bond donors (Lipinski definition) is 1. The minimum atomic E-state index is -0.363. The number of hydrogen-bond acceptors (Lipinski definition) is 1. The van der Waals surface area contributed by atoms with Crippen LogP contribution in [0.15, 0.2) is 18.2 Å². The highest BCUT2D eigenvalue weighted by Gasteiger charge is 1.97. The van der Waals surface area contributed by atoms with Gasteiger partial charge in [-0.05, 0) is 18.2 Å². The molecule has 3 heteroatoms. The molecular weight excluding hydrogens is 177 g/mol. The summed E-state index contributed by atoms with van der Waals surface area (Å²) in [6.07, 6.45) is 0. The predicted molar refractivity (Wildman–Crippen MR) is 47.3 cm³/mol. The molecule has 0 atom stereocenters. The van der Waals surface area contributed by atoms with Crippen LogP contribution < -0.4 is 5.73 Å². The van der Waals surface area contributed by atoms with E-state index in [0.29, 0.717) is 10.6 Å². The third kappa shape index (κ3) is 2.23. The molecule has 0 spiro atoms. The van der Waals surface area contributed by atoms with Crippen molar-refractivity contribution in [2.75, 3.05) is 6.54 Å². The minimum absolute atomic E-state index is 0.272. The Labute approximate surface area is 75.3 Å². The van der Waals surface area contributed by atoms with E-state index in [1.54, 1.807) is 0 Å². The van der Waals surface area contributed by atoms with Crippen LogP contribution in [0.4, 0.5) is 4.39 Å². The van der Waals surface area contributed by atoms with Gasteiger partial charge in [0.25, 0.3) is 0 Å². The van der Waals surface area contributed by atoms with Gasteiger partial charge in [-0.25, -0.2) is 4.39 Å². The van der Waals surface area contributed by atoms with Crippen LogP contribution >= 0.6 is 11.6 Å². The van der Waals surface area contributed by atoms with Crippen molar-refractivity contribution in [1.29, 1.82) is 0 Å². The molecule has 0 saturated heterocycles. The Morgan fingerprint density at radius 1 is 1.50 bits per heavy atom. The van der Waals surface area contributed by atoms with Crippen molar-refractivity contribution < 1.29 is 4.39 Å². The molecule has 0 aliphatic rings. The lowest BCUT2D eigenvalue weighted by Crippen LogP contribution is -1.93. The molecule has 1 aromatic rings. The molecule has 1 nitrogen and oxygen atoms in total. The third-order valence-corrected chi connectivity index (χ3v) is 1.57. The van der Waals surface area contributed by atoms with E-state index in [0.717, 1.165) is 0 Å². The average Bonchev–Trinajstić information content (AvgIpc) is 2.03. The van der Waals surface area contributed by atoms with Crippen LogP contribution in [0.2, 0.25) is 5.02 Å². The highest BCUT2D eigenvalue weighted by molar-refractivity contribution is 6.31. The van der Waals surface area contributed by atoms with Gasteiger partial charge in [0, 0.05) is 5.56 Å². The van der Waals surface area contributed by atoms with Crippen molar-refractivity contribution >= 4 is 11.6 Å². The molecule has 1 aromatic carbocycles. The smallest absolute Gasteiger partial charge is 0.124 e. The van der Waals surface area contributed by atoms with E-state index in [4.69, 9.17) is 17.3 Å². The molecule has 0 fully saturated rings. The predicted octanol–water partition coefficient (Wildman–Crippen LogP) is 1.79. The highest BCUT2D eigenvalue weighted by Crippen LogP contribution is 2.15. The zero-order valence-corrected chi connectivity index (χ0v) is 7.03. The first-order valence-electron chi connectivity index (χ1n) is 3.38.